The summed E-state index contributed by atoms with van der Waals surface area (Å²) >= 11 is -1.59. The third-order valence-corrected chi connectivity index (χ3v) is 5.80. The number of aromatic nitrogens is 1. The summed E-state index contributed by atoms with van der Waals surface area (Å²) in [4.78, 5) is 16.6. The van der Waals surface area contributed by atoms with Gasteiger partial charge in [-0.05, 0) is 37.1 Å². The largest absolute Gasteiger partial charge is 0.490 e. The Labute approximate surface area is 165 Å². The van der Waals surface area contributed by atoms with E-state index in [4.69, 9.17) is 10.5 Å². The van der Waals surface area contributed by atoms with E-state index in [-0.39, 0.29) is 11.7 Å². The highest BCUT2D eigenvalue weighted by Gasteiger charge is 2.37. The number of nitrogens with two attached hydrogens (primary N) is 1. The quantitative estimate of drug-likeness (QED) is 0.710. The topological polar surface area (TPSA) is 119 Å². The van der Waals surface area contributed by atoms with Crippen molar-refractivity contribution >= 4 is 28.6 Å². The zero-order valence-electron chi connectivity index (χ0n) is 15.2. The first-order valence-electron chi connectivity index (χ1n) is 9.08. The fourth-order valence-corrected chi connectivity index (χ4v) is 4.32. The lowest BCUT2D eigenvalue weighted by molar-refractivity contribution is 0.0854. The van der Waals surface area contributed by atoms with Gasteiger partial charge in [0.05, 0.1) is 16.8 Å². The number of ether oxygens (including phenoxy) is 1. The lowest BCUT2D eigenvalue weighted by Gasteiger charge is -2.31. The van der Waals surface area contributed by atoms with Crippen molar-refractivity contribution < 1.29 is 13.7 Å². The van der Waals surface area contributed by atoms with Gasteiger partial charge in [-0.3, -0.25) is 14.5 Å². The molecule has 1 amide bonds. The summed E-state index contributed by atoms with van der Waals surface area (Å²) in [7, 11) is 0. The van der Waals surface area contributed by atoms with Crippen molar-refractivity contribution in [1.29, 1.82) is 0 Å². The number of amides is 1. The molecule has 1 atom stereocenters. The van der Waals surface area contributed by atoms with E-state index < -0.39 is 16.7 Å². The fourth-order valence-electron chi connectivity index (χ4n) is 3.64. The highest BCUT2D eigenvalue weighted by molar-refractivity contribution is 7.85. The molecule has 1 aromatic heterocycles. The highest BCUT2D eigenvalue weighted by Crippen LogP contribution is 2.34. The van der Waals surface area contributed by atoms with Crippen LogP contribution in [0.2, 0.25) is 0 Å². The maximum atomic E-state index is 12.7. The number of amidine groups is 1. The van der Waals surface area contributed by atoms with Crippen molar-refractivity contribution in [3.63, 3.8) is 0 Å². The van der Waals surface area contributed by atoms with Gasteiger partial charge in [-0.1, -0.05) is 18.9 Å². The molecule has 0 saturated heterocycles. The van der Waals surface area contributed by atoms with Crippen molar-refractivity contribution in [3.8, 4) is 5.75 Å². The third-order valence-electron chi connectivity index (χ3n) is 5.05. The van der Waals surface area contributed by atoms with Crippen molar-refractivity contribution in [2.24, 2.45) is 10.1 Å². The minimum atomic E-state index is -1.59. The minimum absolute atomic E-state index is 0.138. The number of fused-ring (bicyclic) bond motifs is 1. The first-order valence-corrected chi connectivity index (χ1v) is 10.2. The molecule has 9 heteroatoms. The van der Waals surface area contributed by atoms with Crippen LogP contribution < -0.4 is 20.5 Å². The molecule has 0 radical (unpaired) electrons. The number of hydrogen-bond donors (Lipinski definition) is 3. The minimum Gasteiger partial charge on any atom is -0.490 e. The molecule has 8 nitrogen and oxygen atoms in total. The number of rotatable bonds is 5. The number of nitrogens with one attached hydrogen (secondary N) is 2. The van der Waals surface area contributed by atoms with Gasteiger partial charge in [0.25, 0.3) is 5.91 Å². The normalized spacial score (nSPS) is 19.9. The van der Waals surface area contributed by atoms with E-state index in [1.165, 1.54) is 0 Å². The molecule has 1 aliphatic carbocycles. The first kappa shape index (κ1) is 18.4. The maximum Gasteiger partial charge on any atom is 0.251 e. The smallest absolute Gasteiger partial charge is 0.251 e. The summed E-state index contributed by atoms with van der Waals surface area (Å²) in [5.41, 5.74) is 7.31. The maximum absolute atomic E-state index is 12.7. The summed E-state index contributed by atoms with van der Waals surface area (Å²) in [6, 6.07) is 8.75. The second kappa shape index (κ2) is 7.59. The second-order valence-corrected chi connectivity index (χ2v) is 7.86. The van der Waals surface area contributed by atoms with Crippen molar-refractivity contribution in [1.82, 2.24) is 10.3 Å². The van der Waals surface area contributed by atoms with Crippen LogP contribution >= 0.6 is 0 Å². The molecule has 2 aliphatic rings. The van der Waals surface area contributed by atoms with Crippen LogP contribution in [0.1, 0.15) is 41.6 Å². The molecular weight excluding hydrogens is 378 g/mol. The van der Waals surface area contributed by atoms with E-state index in [9.17, 15) is 9.00 Å². The van der Waals surface area contributed by atoms with E-state index in [1.807, 2.05) is 0 Å². The van der Waals surface area contributed by atoms with Crippen LogP contribution in [0.3, 0.4) is 0 Å². The Kier molecular flexibility index (Phi) is 4.99. The van der Waals surface area contributed by atoms with E-state index in [2.05, 4.69) is 19.4 Å². The summed E-state index contributed by atoms with van der Waals surface area (Å²) in [6.07, 6.45) is 6.92. The zero-order valence-corrected chi connectivity index (χ0v) is 16.0. The lowest BCUT2D eigenvalue weighted by atomic mass is 9.98. The number of nitrogens with zero attached hydrogens (tertiary/aromatic N) is 2. The molecule has 1 unspecified atom stereocenters. The lowest BCUT2D eigenvalue weighted by Crippen LogP contribution is -2.50. The molecule has 28 heavy (non-hydrogen) atoms. The van der Waals surface area contributed by atoms with Gasteiger partial charge in [0.2, 0.25) is 11.2 Å². The van der Waals surface area contributed by atoms with E-state index in [0.717, 1.165) is 25.7 Å². The third kappa shape index (κ3) is 3.70. The number of carbonyl (C=O) groups is 1. The standard InChI is InChI=1S/C19H21N5O3S/c20-17-16-14(23-28(26)24-17)4-3-5-15(16)27-12-19(8-1-2-9-19)22-18(25)13-6-10-21-11-7-13/h3-7,10-11,23H,1-2,8-9,12H2,(H2,20,24)(H,22,25). The van der Waals surface area contributed by atoms with Crippen LogP contribution in [0.4, 0.5) is 5.69 Å². The summed E-state index contributed by atoms with van der Waals surface area (Å²) in [5, 5.41) is 3.16. The Morgan fingerprint density at radius 3 is 2.75 bits per heavy atom. The average Bonchev–Trinajstić information content (AvgIpc) is 3.15. The van der Waals surface area contributed by atoms with Crippen molar-refractivity contribution in [3.05, 3.63) is 53.9 Å². The number of carbonyl (C=O) groups excluding carboxylic acids is 1. The molecule has 4 N–H and O–H groups in total. The van der Waals surface area contributed by atoms with Crippen LogP contribution in [-0.4, -0.2) is 33.1 Å². The first-order chi connectivity index (χ1) is 13.6. The SMILES string of the molecule is NC1=NS(=O)Nc2cccc(OCC3(NC(=O)c4ccncc4)CCCC3)c21. The molecular formula is C19H21N5O3S. The molecule has 1 aromatic carbocycles. The van der Waals surface area contributed by atoms with Gasteiger partial charge in [0.1, 0.15) is 18.2 Å². The number of hydrogen-bond acceptors (Lipinski definition) is 5. The van der Waals surface area contributed by atoms with Crippen molar-refractivity contribution in [2.45, 2.75) is 31.2 Å². The fraction of sp³-hybridized carbons (Fsp3) is 0.316. The predicted octanol–water partition coefficient (Wildman–Crippen LogP) is 1.91. The Balaban J connectivity index is 1.53. The van der Waals surface area contributed by atoms with E-state index in [0.29, 0.717) is 29.2 Å². The van der Waals surface area contributed by atoms with Crippen LogP contribution in [0, 0.1) is 0 Å². The second-order valence-electron chi connectivity index (χ2n) is 6.97. The van der Waals surface area contributed by atoms with Gasteiger partial charge >= 0.3 is 0 Å². The van der Waals surface area contributed by atoms with E-state index in [1.54, 1.807) is 42.7 Å². The van der Waals surface area contributed by atoms with Crippen LogP contribution in [-0.2, 0) is 11.2 Å². The van der Waals surface area contributed by atoms with Gasteiger partial charge in [-0.15, -0.1) is 0 Å². The molecule has 146 valence electrons. The van der Waals surface area contributed by atoms with Crippen LogP contribution in [0.25, 0.3) is 0 Å². The Hall–Kier alpha value is -2.94. The molecule has 2 heterocycles. The Morgan fingerprint density at radius 1 is 1.25 bits per heavy atom. The van der Waals surface area contributed by atoms with Gasteiger partial charge in [0.15, 0.2) is 0 Å². The molecule has 0 bridgehead atoms. The van der Waals surface area contributed by atoms with E-state index >= 15 is 0 Å². The summed E-state index contributed by atoms with van der Waals surface area (Å²) in [6.45, 7) is 0.316. The van der Waals surface area contributed by atoms with Crippen molar-refractivity contribution in [2.75, 3.05) is 11.3 Å². The highest BCUT2D eigenvalue weighted by atomic mass is 32.2. The number of anilines is 1. The molecule has 2 aromatic rings. The van der Waals surface area contributed by atoms with Crippen LogP contribution in [0.15, 0.2) is 47.1 Å². The Morgan fingerprint density at radius 2 is 2.00 bits per heavy atom. The van der Waals surface area contributed by atoms with Gasteiger partial charge in [-0.25, -0.2) is 4.21 Å². The number of benzene rings is 1. The summed E-state index contributed by atoms with van der Waals surface area (Å²) < 4.78 is 24.4. The Bertz CT molecular complexity index is 942. The van der Waals surface area contributed by atoms with Gasteiger partial charge in [0, 0.05) is 18.0 Å². The van der Waals surface area contributed by atoms with Gasteiger partial charge < -0.3 is 15.8 Å². The molecule has 1 saturated carbocycles. The monoisotopic (exact) mass is 399 g/mol. The number of pyridine rings is 1. The van der Waals surface area contributed by atoms with Gasteiger partial charge in [-0.2, -0.15) is 4.40 Å². The molecule has 1 aliphatic heterocycles. The molecule has 1 fully saturated rings. The molecule has 0 spiro atoms. The average molecular weight is 399 g/mol. The predicted molar refractivity (Wildman–Crippen MR) is 107 cm³/mol. The molecule has 4 rings (SSSR count). The summed E-state index contributed by atoms with van der Waals surface area (Å²) in [5.74, 6) is 0.581. The zero-order chi connectivity index (χ0) is 19.6. The van der Waals surface area contributed by atoms with Crippen LogP contribution in [0.5, 0.6) is 5.75 Å².